The minimum atomic E-state index is -0.554. The first kappa shape index (κ1) is 21.1. The van der Waals surface area contributed by atoms with Crippen LogP contribution in [0.3, 0.4) is 0 Å². The Morgan fingerprint density at radius 3 is 2.46 bits per heavy atom. The molecule has 0 bridgehead atoms. The second-order valence-electron chi connectivity index (χ2n) is 8.92. The van der Waals surface area contributed by atoms with Crippen molar-refractivity contribution in [3.63, 3.8) is 0 Å². The van der Waals surface area contributed by atoms with Gasteiger partial charge in [-0.3, -0.25) is 4.79 Å². The smallest absolute Gasteiger partial charge is 0.329 e. The van der Waals surface area contributed by atoms with Gasteiger partial charge in [-0.05, 0) is 65.9 Å². The van der Waals surface area contributed by atoms with Crippen molar-refractivity contribution in [3.05, 3.63) is 17.5 Å². The molecular formula is C21H31N3O3S. The zero-order chi connectivity index (χ0) is 20.5. The van der Waals surface area contributed by atoms with E-state index in [1.807, 2.05) is 45.6 Å². The van der Waals surface area contributed by atoms with Crippen LogP contribution in [0.2, 0.25) is 0 Å². The second-order valence-corrected chi connectivity index (χ2v) is 9.86. The largest absolute Gasteiger partial charge is 0.458 e. The molecule has 2 fully saturated rings. The molecule has 2 aliphatic rings. The predicted octanol–water partition coefficient (Wildman–Crippen LogP) is 3.69. The molecule has 0 aromatic carbocycles. The third-order valence-electron chi connectivity index (χ3n) is 5.34. The van der Waals surface area contributed by atoms with Gasteiger partial charge in [0, 0.05) is 17.4 Å². The highest BCUT2D eigenvalue weighted by Crippen LogP contribution is 2.40. The number of thioether (sulfide) groups is 1. The summed E-state index contributed by atoms with van der Waals surface area (Å²) >= 11 is 1.34. The third-order valence-corrected chi connectivity index (χ3v) is 6.17. The lowest BCUT2D eigenvalue weighted by atomic mass is 9.85. The molecule has 1 aliphatic heterocycles. The van der Waals surface area contributed by atoms with Crippen LogP contribution in [0.15, 0.2) is 11.2 Å². The van der Waals surface area contributed by atoms with Crippen LogP contribution >= 0.6 is 11.8 Å². The van der Waals surface area contributed by atoms with Crippen LogP contribution in [0.4, 0.5) is 0 Å². The van der Waals surface area contributed by atoms with Crippen molar-refractivity contribution in [2.24, 2.45) is 5.92 Å². The maximum absolute atomic E-state index is 13.2. The van der Waals surface area contributed by atoms with Gasteiger partial charge < -0.3 is 9.64 Å². The fraction of sp³-hybridized carbons (Fsp3) is 0.714. The molecule has 0 N–H and O–H groups in total. The first-order valence-corrected chi connectivity index (χ1v) is 11.1. The van der Waals surface area contributed by atoms with Crippen LogP contribution in [0.1, 0.15) is 64.3 Å². The van der Waals surface area contributed by atoms with Crippen LogP contribution in [-0.4, -0.2) is 50.2 Å². The number of aryl methyl sites for hydroxylation is 2. The SMILES string of the molecule is Cc1cc(C)nc(SCC(=O)N2[C@H](C(=O)OC(C)(C)C)C[C@H]3CCCC[C@@H]32)n1. The number of hydrogen-bond donors (Lipinski definition) is 0. The van der Waals surface area contributed by atoms with Gasteiger partial charge in [0.05, 0.1) is 5.75 Å². The fourth-order valence-corrected chi connectivity index (χ4v) is 5.18. The summed E-state index contributed by atoms with van der Waals surface area (Å²) in [6.45, 7) is 9.45. The van der Waals surface area contributed by atoms with Gasteiger partial charge in [-0.15, -0.1) is 0 Å². The summed E-state index contributed by atoms with van der Waals surface area (Å²) in [5, 5.41) is 0.610. The highest BCUT2D eigenvalue weighted by Gasteiger charge is 2.48. The monoisotopic (exact) mass is 405 g/mol. The number of fused-ring (bicyclic) bond motifs is 1. The van der Waals surface area contributed by atoms with Crippen LogP contribution < -0.4 is 0 Å². The molecule has 1 aromatic rings. The number of carbonyl (C=O) groups is 2. The fourth-order valence-electron chi connectivity index (χ4n) is 4.36. The molecule has 1 saturated carbocycles. The van der Waals surface area contributed by atoms with Gasteiger partial charge in [-0.25, -0.2) is 14.8 Å². The van der Waals surface area contributed by atoms with Crippen LogP contribution in [0.5, 0.6) is 0 Å². The third kappa shape index (κ3) is 5.04. The number of likely N-dealkylation sites (tertiary alicyclic amines) is 1. The van der Waals surface area contributed by atoms with E-state index in [1.54, 1.807) is 0 Å². The molecule has 1 aromatic heterocycles. The van der Waals surface area contributed by atoms with Crippen LogP contribution in [-0.2, 0) is 14.3 Å². The van der Waals surface area contributed by atoms with E-state index < -0.39 is 11.6 Å². The Labute approximate surface area is 171 Å². The lowest BCUT2D eigenvalue weighted by molar-refractivity contribution is -0.163. The summed E-state index contributed by atoms with van der Waals surface area (Å²) in [6, 6.07) is 1.59. The van der Waals surface area contributed by atoms with Crippen molar-refractivity contribution in [2.75, 3.05) is 5.75 Å². The molecule has 2 heterocycles. The summed E-state index contributed by atoms with van der Waals surface area (Å²) in [5.41, 5.74) is 1.23. The molecular weight excluding hydrogens is 374 g/mol. The first-order chi connectivity index (χ1) is 13.1. The van der Waals surface area contributed by atoms with Crippen molar-refractivity contribution >= 4 is 23.6 Å². The molecule has 1 saturated heterocycles. The lowest BCUT2D eigenvalue weighted by Gasteiger charge is -2.34. The van der Waals surface area contributed by atoms with Crippen molar-refractivity contribution in [1.82, 2.24) is 14.9 Å². The average molecular weight is 406 g/mol. The van der Waals surface area contributed by atoms with Crippen molar-refractivity contribution < 1.29 is 14.3 Å². The molecule has 0 unspecified atom stereocenters. The van der Waals surface area contributed by atoms with Crippen molar-refractivity contribution in [3.8, 4) is 0 Å². The van der Waals surface area contributed by atoms with E-state index in [0.717, 1.165) is 37.1 Å². The summed E-state index contributed by atoms with van der Waals surface area (Å²) in [5.74, 6) is 0.351. The number of carbonyl (C=O) groups excluding carboxylic acids is 2. The number of nitrogens with zero attached hydrogens (tertiary/aromatic N) is 3. The molecule has 7 heteroatoms. The molecule has 1 aliphatic carbocycles. The van der Waals surface area contributed by atoms with E-state index in [-0.39, 0.29) is 23.7 Å². The van der Waals surface area contributed by atoms with Crippen LogP contribution in [0.25, 0.3) is 0 Å². The Balaban J connectivity index is 1.74. The molecule has 28 heavy (non-hydrogen) atoms. The highest BCUT2D eigenvalue weighted by molar-refractivity contribution is 7.99. The van der Waals surface area contributed by atoms with E-state index in [1.165, 1.54) is 18.2 Å². The Hall–Kier alpha value is -1.63. The summed E-state index contributed by atoms with van der Waals surface area (Å²) in [6.07, 6.45) is 5.06. The molecule has 3 atom stereocenters. The molecule has 0 radical (unpaired) electrons. The van der Waals surface area contributed by atoms with Gasteiger partial charge >= 0.3 is 5.97 Å². The maximum Gasteiger partial charge on any atom is 0.329 e. The van der Waals surface area contributed by atoms with E-state index >= 15 is 0 Å². The number of ether oxygens (including phenoxy) is 1. The van der Waals surface area contributed by atoms with Gasteiger partial charge in [0.25, 0.3) is 0 Å². The number of amides is 1. The second kappa shape index (κ2) is 8.39. The highest BCUT2D eigenvalue weighted by atomic mass is 32.2. The molecule has 1 amide bonds. The summed E-state index contributed by atoms with van der Waals surface area (Å²) in [7, 11) is 0. The minimum absolute atomic E-state index is 0.0157. The summed E-state index contributed by atoms with van der Waals surface area (Å²) in [4.78, 5) is 36.6. The number of aromatic nitrogens is 2. The molecule has 154 valence electrons. The topological polar surface area (TPSA) is 72.4 Å². The van der Waals surface area contributed by atoms with Gasteiger partial charge in [-0.2, -0.15) is 0 Å². The number of hydrogen-bond acceptors (Lipinski definition) is 6. The number of rotatable bonds is 4. The Morgan fingerprint density at radius 1 is 1.18 bits per heavy atom. The lowest BCUT2D eigenvalue weighted by Crippen LogP contribution is -2.48. The zero-order valence-electron chi connectivity index (χ0n) is 17.5. The van der Waals surface area contributed by atoms with E-state index in [4.69, 9.17) is 4.74 Å². The minimum Gasteiger partial charge on any atom is -0.458 e. The Kier molecular flexibility index (Phi) is 6.32. The van der Waals surface area contributed by atoms with Gasteiger partial charge in [0.2, 0.25) is 5.91 Å². The zero-order valence-corrected chi connectivity index (χ0v) is 18.3. The molecule has 6 nitrogen and oxygen atoms in total. The Bertz CT molecular complexity index is 727. The Morgan fingerprint density at radius 2 is 1.82 bits per heavy atom. The van der Waals surface area contributed by atoms with E-state index in [2.05, 4.69) is 9.97 Å². The number of esters is 1. The van der Waals surface area contributed by atoms with Gasteiger partial charge in [-0.1, -0.05) is 24.6 Å². The first-order valence-electron chi connectivity index (χ1n) is 10.1. The van der Waals surface area contributed by atoms with Gasteiger partial charge in [0.1, 0.15) is 11.6 Å². The van der Waals surface area contributed by atoms with Gasteiger partial charge in [0.15, 0.2) is 5.16 Å². The quantitative estimate of drug-likeness (QED) is 0.432. The normalized spacial score (nSPS) is 24.8. The van der Waals surface area contributed by atoms with E-state index in [9.17, 15) is 9.59 Å². The standard InChI is InChI=1S/C21H31N3O3S/c1-13-10-14(2)23-20(22-13)28-12-18(25)24-16-9-7-6-8-15(16)11-17(24)19(26)27-21(3,4)5/h10,15-17H,6-9,11-12H2,1-5H3/t15-,16+,17+/m1/s1. The molecule has 0 spiro atoms. The average Bonchev–Trinajstić information content (AvgIpc) is 2.97. The predicted molar refractivity (Wildman–Crippen MR) is 109 cm³/mol. The van der Waals surface area contributed by atoms with Crippen molar-refractivity contribution in [2.45, 2.75) is 89.6 Å². The maximum atomic E-state index is 13.2. The summed E-state index contributed by atoms with van der Waals surface area (Å²) < 4.78 is 5.64. The van der Waals surface area contributed by atoms with Crippen LogP contribution in [0, 0.1) is 19.8 Å². The van der Waals surface area contributed by atoms with Crippen molar-refractivity contribution in [1.29, 1.82) is 0 Å². The molecule has 3 rings (SSSR count). The van der Waals surface area contributed by atoms with E-state index in [0.29, 0.717) is 11.1 Å².